The van der Waals surface area contributed by atoms with Gasteiger partial charge in [0, 0.05) is 47.0 Å². The lowest BCUT2D eigenvalue weighted by Gasteiger charge is -2.15. The van der Waals surface area contributed by atoms with Gasteiger partial charge in [-0.05, 0) is 56.2 Å². The number of thiazole rings is 1. The van der Waals surface area contributed by atoms with Gasteiger partial charge in [0.15, 0.2) is 4.34 Å². The molecular formula is C22H20N4O4S2. The number of nitro benzene ring substituents is 1. The van der Waals surface area contributed by atoms with Crippen LogP contribution in [0.2, 0.25) is 0 Å². The van der Waals surface area contributed by atoms with Gasteiger partial charge in [-0.25, -0.2) is 4.98 Å². The molecule has 0 atom stereocenters. The average molecular weight is 469 g/mol. The van der Waals surface area contributed by atoms with Crippen LogP contribution in [0, 0.1) is 17.0 Å². The van der Waals surface area contributed by atoms with Gasteiger partial charge >= 0.3 is 0 Å². The number of carbonyl (C=O) groups excluding carboxylic acids is 2. The van der Waals surface area contributed by atoms with E-state index in [1.807, 2.05) is 17.2 Å². The van der Waals surface area contributed by atoms with E-state index in [0.717, 1.165) is 31.6 Å². The fourth-order valence-corrected chi connectivity index (χ4v) is 5.24. The molecule has 0 saturated carbocycles. The van der Waals surface area contributed by atoms with Crippen molar-refractivity contribution in [2.75, 3.05) is 18.4 Å². The van der Waals surface area contributed by atoms with Gasteiger partial charge in [-0.3, -0.25) is 19.7 Å². The van der Waals surface area contributed by atoms with Crippen LogP contribution in [0.15, 0.2) is 57.1 Å². The van der Waals surface area contributed by atoms with E-state index in [9.17, 15) is 19.7 Å². The maximum absolute atomic E-state index is 12.7. The number of anilines is 1. The fourth-order valence-electron chi connectivity index (χ4n) is 3.36. The van der Waals surface area contributed by atoms with Gasteiger partial charge in [0.2, 0.25) is 0 Å². The molecule has 0 unspecified atom stereocenters. The van der Waals surface area contributed by atoms with Crippen molar-refractivity contribution in [3.8, 4) is 0 Å². The number of aromatic nitrogens is 1. The van der Waals surface area contributed by atoms with E-state index in [0.29, 0.717) is 20.5 Å². The van der Waals surface area contributed by atoms with Gasteiger partial charge in [-0.2, -0.15) is 0 Å². The molecule has 1 aromatic heterocycles. The Kier molecular flexibility index (Phi) is 6.52. The molecule has 3 aromatic rings. The Bertz CT molecular complexity index is 1170. The molecule has 0 bridgehead atoms. The highest BCUT2D eigenvalue weighted by molar-refractivity contribution is 8.01. The Morgan fingerprint density at radius 1 is 1.12 bits per heavy atom. The summed E-state index contributed by atoms with van der Waals surface area (Å²) in [6.45, 7) is 3.40. The quantitative estimate of drug-likeness (QED) is 0.403. The van der Waals surface area contributed by atoms with E-state index in [1.54, 1.807) is 36.4 Å². The first-order valence-electron chi connectivity index (χ1n) is 10.00. The third-order valence-electron chi connectivity index (χ3n) is 5.00. The first kappa shape index (κ1) is 22.0. The highest BCUT2D eigenvalue weighted by atomic mass is 32.2. The van der Waals surface area contributed by atoms with Crippen LogP contribution in [-0.4, -0.2) is 39.7 Å². The standard InChI is InChI=1S/C22H20N4O4S2/c1-14-13-31-22(23-14)32-19-9-6-16(12-18(19)26(29)30)20(27)24-17-7-4-15(5-8-17)21(28)25-10-2-3-11-25/h4-9,12-13H,2-3,10-11H2,1H3,(H,24,27). The van der Waals surface area contributed by atoms with Crippen molar-refractivity contribution in [1.82, 2.24) is 9.88 Å². The summed E-state index contributed by atoms with van der Waals surface area (Å²) in [4.78, 5) is 42.7. The molecule has 0 radical (unpaired) electrons. The van der Waals surface area contributed by atoms with E-state index < -0.39 is 10.8 Å². The smallest absolute Gasteiger partial charge is 0.284 e. The molecule has 10 heteroatoms. The molecule has 1 saturated heterocycles. The molecule has 1 N–H and O–H groups in total. The molecule has 164 valence electrons. The fraction of sp³-hybridized carbons (Fsp3) is 0.227. The number of hydrogen-bond donors (Lipinski definition) is 1. The molecule has 2 aromatic carbocycles. The van der Waals surface area contributed by atoms with Gasteiger partial charge in [0.05, 0.1) is 9.82 Å². The number of nitro groups is 1. The van der Waals surface area contributed by atoms with Gasteiger partial charge in [0.1, 0.15) is 0 Å². The summed E-state index contributed by atoms with van der Waals surface area (Å²) >= 11 is 2.61. The summed E-state index contributed by atoms with van der Waals surface area (Å²) < 4.78 is 0.700. The Balaban J connectivity index is 1.47. The molecule has 2 amide bonds. The second-order valence-electron chi connectivity index (χ2n) is 7.33. The van der Waals surface area contributed by atoms with Crippen LogP contribution in [0.1, 0.15) is 39.3 Å². The number of carbonyl (C=O) groups is 2. The summed E-state index contributed by atoms with van der Waals surface area (Å²) in [5.41, 5.74) is 1.95. The number of benzene rings is 2. The van der Waals surface area contributed by atoms with Crippen LogP contribution in [0.4, 0.5) is 11.4 Å². The number of nitrogens with one attached hydrogen (secondary N) is 1. The van der Waals surface area contributed by atoms with Crippen LogP contribution < -0.4 is 5.32 Å². The highest BCUT2D eigenvalue weighted by Gasteiger charge is 2.21. The third-order valence-corrected chi connectivity index (χ3v) is 7.12. The Morgan fingerprint density at radius 2 is 1.81 bits per heavy atom. The van der Waals surface area contributed by atoms with Crippen LogP contribution in [0.3, 0.4) is 0 Å². The van der Waals surface area contributed by atoms with Crippen LogP contribution in [0.25, 0.3) is 0 Å². The lowest BCUT2D eigenvalue weighted by Crippen LogP contribution is -2.27. The van der Waals surface area contributed by atoms with Crippen molar-refractivity contribution in [3.63, 3.8) is 0 Å². The lowest BCUT2D eigenvalue weighted by molar-refractivity contribution is -0.387. The molecule has 1 aliphatic heterocycles. The molecule has 0 spiro atoms. The molecule has 4 rings (SSSR count). The van der Waals surface area contributed by atoms with Gasteiger partial charge in [-0.1, -0.05) is 11.8 Å². The zero-order chi connectivity index (χ0) is 22.7. The van der Waals surface area contributed by atoms with Gasteiger partial charge in [-0.15, -0.1) is 11.3 Å². The van der Waals surface area contributed by atoms with Crippen molar-refractivity contribution >= 4 is 46.3 Å². The number of rotatable bonds is 6. The summed E-state index contributed by atoms with van der Waals surface area (Å²) in [5.74, 6) is -0.479. The summed E-state index contributed by atoms with van der Waals surface area (Å²) in [6, 6.07) is 11.0. The molecule has 8 nitrogen and oxygen atoms in total. The minimum atomic E-state index is -0.502. The topological polar surface area (TPSA) is 105 Å². The molecule has 0 aliphatic carbocycles. The first-order valence-corrected chi connectivity index (χ1v) is 11.7. The zero-order valence-corrected chi connectivity index (χ0v) is 18.9. The van der Waals surface area contributed by atoms with E-state index in [2.05, 4.69) is 10.3 Å². The number of likely N-dealkylation sites (tertiary alicyclic amines) is 1. The number of nitrogens with zero attached hydrogens (tertiary/aromatic N) is 3. The SMILES string of the molecule is Cc1csc(Sc2ccc(C(=O)Nc3ccc(C(=O)N4CCCC4)cc3)cc2[N+](=O)[O-])n1. The van der Waals surface area contributed by atoms with E-state index >= 15 is 0 Å². The van der Waals surface area contributed by atoms with Crippen LogP contribution in [0.5, 0.6) is 0 Å². The predicted molar refractivity (Wildman–Crippen MR) is 124 cm³/mol. The molecule has 1 fully saturated rings. The molecule has 2 heterocycles. The Morgan fingerprint density at radius 3 is 2.44 bits per heavy atom. The Labute approximate surface area is 192 Å². The van der Waals surface area contributed by atoms with Crippen molar-refractivity contribution in [2.45, 2.75) is 29.0 Å². The van der Waals surface area contributed by atoms with E-state index in [-0.39, 0.29) is 17.2 Å². The van der Waals surface area contributed by atoms with Crippen LogP contribution in [-0.2, 0) is 0 Å². The maximum Gasteiger partial charge on any atom is 0.284 e. The largest absolute Gasteiger partial charge is 0.339 e. The normalized spacial score (nSPS) is 13.2. The van der Waals surface area contributed by atoms with Crippen molar-refractivity contribution in [3.05, 3.63) is 74.8 Å². The zero-order valence-electron chi connectivity index (χ0n) is 17.2. The summed E-state index contributed by atoms with van der Waals surface area (Å²) in [5, 5.41) is 16.2. The number of hydrogen-bond acceptors (Lipinski definition) is 7. The van der Waals surface area contributed by atoms with Gasteiger partial charge < -0.3 is 10.2 Å². The number of aryl methyl sites for hydroxylation is 1. The van der Waals surface area contributed by atoms with E-state index in [1.165, 1.54) is 29.2 Å². The highest BCUT2D eigenvalue weighted by Crippen LogP contribution is 2.36. The molecule has 1 aliphatic rings. The van der Waals surface area contributed by atoms with Crippen molar-refractivity contribution in [2.24, 2.45) is 0 Å². The minimum Gasteiger partial charge on any atom is -0.339 e. The van der Waals surface area contributed by atoms with Gasteiger partial charge in [0.25, 0.3) is 17.5 Å². The molecule has 32 heavy (non-hydrogen) atoms. The van der Waals surface area contributed by atoms with Crippen molar-refractivity contribution in [1.29, 1.82) is 0 Å². The minimum absolute atomic E-state index is 0.0143. The molecular weight excluding hydrogens is 448 g/mol. The summed E-state index contributed by atoms with van der Waals surface area (Å²) in [6.07, 6.45) is 2.04. The second kappa shape index (κ2) is 9.49. The van der Waals surface area contributed by atoms with Crippen LogP contribution >= 0.6 is 23.1 Å². The monoisotopic (exact) mass is 468 g/mol. The lowest BCUT2D eigenvalue weighted by atomic mass is 10.1. The van der Waals surface area contributed by atoms with Crippen molar-refractivity contribution < 1.29 is 14.5 Å². The average Bonchev–Trinajstić information content (AvgIpc) is 3.46. The predicted octanol–water partition coefficient (Wildman–Crippen LogP) is 5.00. The second-order valence-corrected chi connectivity index (χ2v) is 9.47. The first-order chi connectivity index (χ1) is 15.4. The summed E-state index contributed by atoms with van der Waals surface area (Å²) in [7, 11) is 0. The Hall–Kier alpha value is -3.24. The number of amides is 2. The third kappa shape index (κ3) is 4.97. The maximum atomic E-state index is 12.7. The van der Waals surface area contributed by atoms with E-state index in [4.69, 9.17) is 0 Å².